The number of rotatable bonds is 12. The number of hydrogen-bond donors (Lipinski definition) is 0. The summed E-state index contributed by atoms with van der Waals surface area (Å²) in [6, 6.07) is 14.5. The molecule has 0 spiro atoms. The van der Waals surface area contributed by atoms with Crippen LogP contribution in [0.1, 0.15) is 114 Å². The second kappa shape index (κ2) is 12.4. The molecule has 0 N–H and O–H groups in total. The van der Waals surface area contributed by atoms with E-state index in [4.69, 9.17) is 0 Å². The minimum absolute atomic E-state index is 0.790. The first-order chi connectivity index (χ1) is 15.8. The van der Waals surface area contributed by atoms with Gasteiger partial charge < -0.3 is 0 Å². The Bertz CT molecular complexity index is 890. The van der Waals surface area contributed by atoms with Gasteiger partial charge in [-0.1, -0.05) is 89.5 Å². The third kappa shape index (κ3) is 6.48. The van der Waals surface area contributed by atoms with Gasteiger partial charge in [0, 0.05) is 19.2 Å². The summed E-state index contributed by atoms with van der Waals surface area (Å²) in [4.78, 5) is 3.00. The van der Waals surface area contributed by atoms with Crippen LogP contribution in [0.3, 0.4) is 0 Å². The molecule has 4 rings (SSSR count). The molecule has 2 aromatic heterocycles. The van der Waals surface area contributed by atoms with Gasteiger partial charge in [0.15, 0.2) is 0 Å². The first-order valence-electron chi connectivity index (χ1n) is 13.4. The van der Waals surface area contributed by atoms with E-state index >= 15 is 0 Å². The fourth-order valence-corrected chi connectivity index (χ4v) is 7.91. The highest BCUT2D eigenvalue weighted by Crippen LogP contribution is 2.41. The van der Waals surface area contributed by atoms with Crippen LogP contribution >= 0.6 is 22.7 Å². The Morgan fingerprint density at radius 2 is 1.41 bits per heavy atom. The molecule has 0 unspecified atom stereocenters. The van der Waals surface area contributed by atoms with Crippen LogP contribution in [0.15, 0.2) is 36.4 Å². The molecule has 0 atom stereocenters. The van der Waals surface area contributed by atoms with Crippen molar-refractivity contribution in [3.63, 3.8) is 0 Å². The second-order valence-corrected chi connectivity index (χ2v) is 12.3. The van der Waals surface area contributed by atoms with E-state index < -0.39 is 0 Å². The molecule has 3 aromatic rings. The predicted octanol–water partition coefficient (Wildman–Crippen LogP) is 11.0. The van der Waals surface area contributed by atoms with Crippen LogP contribution in [-0.2, 0) is 6.42 Å². The Labute approximate surface area is 204 Å². The van der Waals surface area contributed by atoms with Gasteiger partial charge in [-0.25, -0.2) is 0 Å². The molecule has 0 nitrogen and oxygen atoms in total. The first-order valence-corrected chi connectivity index (χ1v) is 15.0. The van der Waals surface area contributed by atoms with Gasteiger partial charge in [-0.3, -0.25) is 0 Å². The number of benzene rings is 1. The molecular weight excluding hydrogens is 424 g/mol. The zero-order chi connectivity index (χ0) is 22.2. The minimum Gasteiger partial charge on any atom is -0.139 e. The van der Waals surface area contributed by atoms with E-state index in [1.54, 1.807) is 10.4 Å². The van der Waals surface area contributed by atoms with Gasteiger partial charge in [-0.2, -0.15) is 0 Å². The molecule has 1 aliphatic rings. The van der Waals surface area contributed by atoms with Crippen molar-refractivity contribution in [3.8, 4) is 10.4 Å². The maximum atomic E-state index is 2.44. The third-order valence-electron chi connectivity index (χ3n) is 7.51. The largest absolute Gasteiger partial charge is 0.139 e. The molecule has 32 heavy (non-hydrogen) atoms. The fraction of sp³-hybridized carbons (Fsp3) is 0.600. The number of aryl methyl sites for hydroxylation is 1. The SMILES string of the molecule is CCCCCCC[C@H]1CC[C@H](c2ccc(-c3cc4sc(CCCCC)cc4s3)cc2)CC1. The molecule has 1 fully saturated rings. The van der Waals surface area contributed by atoms with E-state index in [0.717, 1.165) is 11.8 Å². The van der Waals surface area contributed by atoms with Gasteiger partial charge in [-0.05, 0) is 73.6 Å². The number of unbranched alkanes of at least 4 members (excludes halogenated alkanes) is 6. The Morgan fingerprint density at radius 1 is 0.719 bits per heavy atom. The molecule has 0 saturated heterocycles. The fourth-order valence-electron chi connectivity index (χ4n) is 5.44. The highest BCUT2D eigenvalue weighted by molar-refractivity contribution is 7.29. The third-order valence-corrected chi connectivity index (χ3v) is 9.92. The van der Waals surface area contributed by atoms with Gasteiger partial charge in [0.1, 0.15) is 0 Å². The van der Waals surface area contributed by atoms with Gasteiger partial charge in [0.25, 0.3) is 0 Å². The number of thiophene rings is 2. The average molecular weight is 467 g/mol. The van der Waals surface area contributed by atoms with Crippen LogP contribution < -0.4 is 0 Å². The van der Waals surface area contributed by atoms with E-state index in [-0.39, 0.29) is 0 Å². The van der Waals surface area contributed by atoms with Crippen LogP contribution in [0.25, 0.3) is 19.8 Å². The molecular formula is C30H42S2. The van der Waals surface area contributed by atoms with Crippen LogP contribution in [-0.4, -0.2) is 0 Å². The normalized spacial score (nSPS) is 19.1. The molecule has 1 saturated carbocycles. The van der Waals surface area contributed by atoms with Crippen molar-refractivity contribution in [2.75, 3.05) is 0 Å². The Kier molecular flexibility index (Phi) is 9.29. The smallest absolute Gasteiger partial charge is 0.0460 e. The lowest BCUT2D eigenvalue weighted by atomic mass is 9.77. The lowest BCUT2D eigenvalue weighted by molar-refractivity contribution is 0.302. The van der Waals surface area contributed by atoms with Crippen LogP contribution in [0.5, 0.6) is 0 Å². The van der Waals surface area contributed by atoms with Crippen LogP contribution in [0.2, 0.25) is 0 Å². The van der Waals surface area contributed by atoms with Crippen molar-refractivity contribution in [2.45, 2.75) is 110 Å². The van der Waals surface area contributed by atoms with Crippen molar-refractivity contribution in [3.05, 3.63) is 46.8 Å². The summed E-state index contributed by atoms with van der Waals surface area (Å²) in [6.45, 7) is 4.59. The lowest BCUT2D eigenvalue weighted by Gasteiger charge is -2.29. The van der Waals surface area contributed by atoms with E-state index in [9.17, 15) is 0 Å². The zero-order valence-electron chi connectivity index (χ0n) is 20.3. The Balaban J connectivity index is 1.27. The maximum absolute atomic E-state index is 2.44. The molecule has 0 radical (unpaired) electrons. The summed E-state index contributed by atoms with van der Waals surface area (Å²) >= 11 is 3.98. The van der Waals surface area contributed by atoms with Crippen molar-refractivity contribution < 1.29 is 0 Å². The number of fused-ring (bicyclic) bond motifs is 1. The van der Waals surface area contributed by atoms with Crippen LogP contribution in [0.4, 0.5) is 0 Å². The summed E-state index contributed by atoms with van der Waals surface area (Å²) in [7, 11) is 0. The van der Waals surface area contributed by atoms with Gasteiger partial charge >= 0.3 is 0 Å². The van der Waals surface area contributed by atoms with Crippen LogP contribution in [0, 0.1) is 5.92 Å². The predicted molar refractivity (Wildman–Crippen MR) is 146 cm³/mol. The quantitative estimate of drug-likeness (QED) is 0.233. The topological polar surface area (TPSA) is 0 Å². The van der Waals surface area contributed by atoms with Crippen molar-refractivity contribution in [2.24, 2.45) is 5.92 Å². The summed E-state index contributed by atoms with van der Waals surface area (Å²) in [5.74, 6) is 1.79. The van der Waals surface area contributed by atoms with E-state index in [1.165, 1.54) is 110 Å². The lowest BCUT2D eigenvalue weighted by Crippen LogP contribution is -2.13. The van der Waals surface area contributed by atoms with Gasteiger partial charge in [-0.15, -0.1) is 22.7 Å². The van der Waals surface area contributed by atoms with Gasteiger partial charge in [0.05, 0.1) is 0 Å². The summed E-state index contributed by atoms with van der Waals surface area (Å²) in [6.07, 6.45) is 19.5. The Hall–Kier alpha value is -1.12. The van der Waals surface area contributed by atoms with Crippen molar-refractivity contribution >= 4 is 32.1 Å². The zero-order valence-corrected chi connectivity index (χ0v) is 22.0. The van der Waals surface area contributed by atoms with Gasteiger partial charge in [0.2, 0.25) is 0 Å². The monoisotopic (exact) mass is 466 g/mol. The first kappa shape index (κ1) is 24.0. The Morgan fingerprint density at radius 3 is 2.12 bits per heavy atom. The molecule has 2 heterocycles. The van der Waals surface area contributed by atoms with Crippen molar-refractivity contribution in [1.29, 1.82) is 0 Å². The van der Waals surface area contributed by atoms with E-state index in [0.29, 0.717) is 0 Å². The molecule has 1 aromatic carbocycles. The molecule has 1 aliphatic carbocycles. The second-order valence-electron chi connectivity index (χ2n) is 10.1. The van der Waals surface area contributed by atoms with Crippen molar-refractivity contribution in [1.82, 2.24) is 0 Å². The summed E-state index contributed by atoms with van der Waals surface area (Å²) in [5, 5.41) is 0. The molecule has 0 aliphatic heterocycles. The minimum atomic E-state index is 0.790. The number of hydrogen-bond acceptors (Lipinski definition) is 2. The summed E-state index contributed by atoms with van der Waals surface area (Å²) < 4.78 is 2.96. The molecule has 0 amide bonds. The highest BCUT2D eigenvalue weighted by atomic mass is 32.1. The van der Waals surface area contributed by atoms with E-state index in [2.05, 4.69) is 50.2 Å². The highest BCUT2D eigenvalue weighted by Gasteiger charge is 2.22. The molecule has 0 bridgehead atoms. The standard InChI is InChI=1S/C30H42S2/c1-3-5-7-8-10-11-23-13-15-24(16-14-23)25-17-19-26(20-18-25)28-22-30-29(32-28)21-27(31-30)12-9-6-4-2/h17-24H,3-16H2,1-2H3/t23-,24-. The van der Waals surface area contributed by atoms with E-state index in [1.807, 2.05) is 22.7 Å². The molecule has 2 heteroatoms. The average Bonchev–Trinajstić information content (AvgIpc) is 3.39. The summed E-state index contributed by atoms with van der Waals surface area (Å²) in [5.41, 5.74) is 2.97. The molecule has 174 valence electrons. The maximum Gasteiger partial charge on any atom is 0.0460 e.